The van der Waals surface area contributed by atoms with Gasteiger partial charge in [-0.2, -0.15) is 0 Å². The first-order valence-corrected chi connectivity index (χ1v) is 5.69. The molecule has 0 saturated heterocycles. The van der Waals surface area contributed by atoms with Crippen LogP contribution in [-0.4, -0.2) is 24.1 Å². The third-order valence-corrected chi connectivity index (χ3v) is 2.60. The van der Waals surface area contributed by atoms with Crippen LogP contribution in [0.3, 0.4) is 0 Å². The molecule has 0 saturated carbocycles. The molecule has 98 valence electrons. The molecule has 1 aromatic carbocycles. The maximum atomic E-state index is 11.6. The molecule has 0 aromatic heterocycles. The summed E-state index contributed by atoms with van der Waals surface area (Å²) >= 11 is 0. The average Bonchev–Trinajstić information content (AvgIpc) is 2.36. The fourth-order valence-corrected chi connectivity index (χ4v) is 1.37. The molecular weight excluding hydrogens is 234 g/mol. The van der Waals surface area contributed by atoms with Gasteiger partial charge in [-0.1, -0.05) is 6.92 Å². The van der Waals surface area contributed by atoms with Crippen LogP contribution < -0.4 is 10.1 Å². The molecule has 1 rings (SSSR count). The smallest absolute Gasteiger partial charge is 0.306 e. The summed E-state index contributed by atoms with van der Waals surface area (Å²) in [5, 5.41) is 11.4. The first kappa shape index (κ1) is 14.0. The van der Waals surface area contributed by atoms with Gasteiger partial charge in [0.1, 0.15) is 5.75 Å². The molecule has 5 nitrogen and oxygen atoms in total. The van der Waals surface area contributed by atoms with Crippen molar-refractivity contribution in [2.24, 2.45) is 5.92 Å². The topological polar surface area (TPSA) is 75.6 Å². The van der Waals surface area contributed by atoms with Crippen molar-refractivity contribution in [2.45, 2.75) is 19.8 Å². The lowest BCUT2D eigenvalue weighted by atomic mass is 10.1. The Morgan fingerprint density at radius 3 is 2.44 bits per heavy atom. The maximum absolute atomic E-state index is 11.6. The molecule has 1 amide bonds. The lowest BCUT2D eigenvalue weighted by Crippen LogP contribution is -2.16. The van der Waals surface area contributed by atoms with Crippen LogP contribution in [0.1, 0.15) is 19.8 Å². The van der Waals surface area contributed by atoms with Gasteiger partial charge in [0.25, 0.3) is 0 Å². The monoisotopic (exact) mass is 251 g/mol. The van der Waals surface area contributed by atoms with Crippen molar-refractivity contribution in [2.75, 3.05) is 12.4 Å². The number of amides is 1. The van der Waals surface area contributed by atoms with E-state index in [9.17, 15) is 9.59 Å². The van der Waals surface area contributed by atoms with Crippen LogP contribution >= 0.6 is 0 Å². The van der Waals surface area contributed by atoms with Crippen molar-refractivity contribution in [3.63, 3.8) is 0 Å². The minimum Gasteiger partial charge on any atom is -0.497 e. The van der Waals surface area contributed by atoms with Crippen LogP contribution in [-0.2, 0) is 9.59 Å². The number of carboxylic acids is 1. The average molecular weight is 251 g/mol. The summed E-state index contributed by atoms with van der Waals surface area (Å²) in [6.45, 7) is 1.59. The van der Waals surface area contributed by atoms with Crippen LogP contribution in [0.2, 0.25) is 0 Å². The molecule has 0 bridgehead atoms. The van der Waals surface area contributed by atoms with Crippen molar-refractivity contribution in [1.82, 2.24) is 0 Å². The normalized spacial score (nSPS) is 11.7. The molecule has 0 spiro atoms. The highest BCUT2D eigenvalue weighted by atomic mass is 16.5. The molecule has 18 heavy (non-hydrogen) atoms. The molecule has 1 aromatic rings. The van der Waals surface area contributed by atoms with Gasteiger partial charge < -0.3 is 15.2 Å². The molecule has 1 unspecified atom stereocenters. The lowest BCUT2D eigenvalue weighted by molar-refractivity contribution is -0.141. The summed E-state index contributed by atoms with van der Waals surface area (Å²) in [5.41, 5.74) is 0.670. The number of ether oxygens (including phenoxy) is 1. The Kier molecular flexibility index (Phi) is 5.17. The molecule has 0 aliphatic heterocycles. The van der Waals surface area contributed by atoms with Crippen LogP contribution in [0.15, 0.2) is 24.3 Å². The predicted molar refractivity (Wildman–Crippen MR) is 67.7 cm³/mol. The number of nitrogens with one attached hydrogen (secondary N) is 1. The van der Waals surface area contributed by atoms with Gasteiger partial charge in [-0.25, -0.2) is 0 Å². The van der Waals surface area contributed by atoms with Crippen molar-refractivity contribution < 1.29 is 19.4 Å². The summed E-state index contributed by atoms with van der Waals surface area (Å²) in [5.74, 6) is -0.861. The molecule has 0 fully saturated rings. The summed E-state index contributed by atoms with van der Waals surface area (Å²) in [4.78, 5) is 22.2. The Bertz CT molecular complexity index is 414. The number of methoxy groups -OCH3 is 1. The Balaban J connectivity index is 2.42. The van der Waals surface area contributed by atoms with E-state index in [2.05, 4.69) is 5.32 Å². The number of carbonyl (C=O) groups excluding carboxylic acids is 1. The number of hydrogen-bond donors (Lipinski definition) is 2. The van der Waals surface area contributed by atoms with Crippen molar-refractivity contribution >= 4 is 17.6 Å². The largest absolute Gasteiger partial charge is 0.497 e. The van der Waals surface area contributed by atoms with E-state index < -0.39 is 11.9 Å². The first-order valence-electron chi connectivity index (χ1n) is 5.69. The van der Waals surface area contributed by atoms with Gasteiger partial charge >= 0.3 is 5.97 Å². The maximum Gasteiger partial charge on any atom is 0.306 e. The zero-order chi connectivity index (χ0) is 13.5. The first-order chi connectivity index (χ1) is 8.52. The fourth-order valence-electron chi connectivity index (χ4n) is 1.37. The highest BCUT2D eigenvalue weighted by Crippen LogP contribution is 2.15. The van der Waals surface area contributed by atoms with Gasteiger partial charge in [-0.05, 0) is 30.7 Å². The van der Waals surface area contributed by atoms with E-state index in [1.54, 1.807) is 38.3 Å². The SMILES string of the molecule is COc1ccc(NC(=O)CCC(C)C(=O)O)cc1. The van der Waals surface area contributed by atoms with E-state index in [0.29, 0.717) is 17.9 Å². The summed E-state index contributed by atoms with van der Waals surface area (Å²) < 4.78 is 5.00. The fraction of sp³-hybridized carbons (Fsp3) is 0.385. The number of anilines is 1. The number of rotatable bonds is 6. The third kappa shape index (κ3) is 4.45. The van der Waals surface area contributed by atoms with E-state index >= 15 is 0 Å². The van der Waals surface area contributed by atoms with Gasteiger partial charge in [0.2, 0.25) is 5.91 Å². The molecular formula is C13H17NO4. The van der Waals surface area contributed by atoms with Crippen molar-refractivity contribution in [3.8, 4) is 5.75 Å². The highest BCUT2D eigenvalue weighted by molar-refractivity contribution is 5.91. The van der Waals surface area contributed by atoms with E-state index in [0.717, 1.165) is 0 Å². The zero-order valence-electron chi connectivity index (χ0n) is 10.5. The molecule has 5 heteroatoms. The quantitative estimate of drug-likeness (QED) is 0.812. The third-order valence-electron chi connectivity index (χ3n) is 2.60. The van der Waals surface area contributed by atoms with Crippen LogP contribution in [0.25, 0.3) is 0 Å². The van der Waals surface area contributed by atoms with E-state index in [1.807, 2.05) is 0 Å². The van der Waals surface area contributed by atoms with Gasteiger partial charge in [0.15, 0.2) is 0 Å². The predicted octanol–water partition coefficient (Wildman–Crippen LogP) is 2.13. The molecule has 0 heterocycles. The van der Waals surface area contributed by atoms with Crippen LogP contribution in [0, 0.1) is 5.92 Å². The molecule has 0 aliphatic carbocycles. The minimum absolute atomic E-state index is 0.187. The molecule has 2 N–H and O–H groups in total. The Labute approximate surface area is 106 Å². The molecule has 0 aliphatic rings. The zero-order valence-corrected chi connectivity index (χ0v) is 10.5. The van der Waals surface area contributed by atoms with Crippen molar-refractivity contribution in [3.05, 3.63) is 24.3 Å². The van der Waals surface area contributed by atoms with Crippen LogP contribution in [0.4, 0.5) is 5.69 Å². The summed E-state index contributed by atoms with van der Waals surface area (Å²) in [6, 6.07) is 6.96. The van der Waals surface area contributed by atoms with Crippen LogP contribution in [0.5, 0.6) is 5.75 Å². The second-order valence-electron chi connectivity index (χ2n) is 4.05. The Morgan fingerprint density at radius 2 is 1.94 bits per heavy atom. The number of carboxylic acid groups (broad SMARTS) is 1. The standard InChI is InChI=1S/C13H17NO4/c1-9(13(16)17)3-8-12(15)14-10-4-6-11(18-2)7-5-10/h4-7,9H,3,8H2,1-2H3,(H,14,15)(H,16,17). The van der Waals surface area contributed by atoms with Gasteiger partial charge in [-0.15, -0.1) is 0 Å². The summed E-state index contributed by atoms with van der Waals surface area (Å²) in [6.07, 6.45) is 0.525. The number of hydrogen-bond acceptors (Lipinski definition) is 3. The molecule has 1 atom stereocenters. The second kappa shape index (κ2) is 6.64. The van der Waals surface area contributed by atoms with Gasteiger partial charge in [0.05, 0.1) is 13.0 Å². The van der Waals surface area contributed by atoms with E-state index in [-0.39, 0.29) is 12.3 Å². The van der Waals surface area contributed by atoms with E-state index in [4.69, 9.17) is 9.84 Å². The highest BCUT2D eigenvalue weighted by Gasteiger charge is 2.12. The Hall–Kier alpha value is -2.04. The second-order valence-corrected chi connectivity index (χ2v) is 4.05. The van der Waals surface area contributed by atoms with Gasteiger partial charge in [0, 0.05) is 12.1 Å². The molecule has 0 radical (unpaired) electrons. The van der Waals surface area contributed by atoms with E-state index in [1.165, 1.54) is 0 Å². The number of carbonyl (C=O) groups is 2. The summed E-state index contributed by atoms with van der Waals surface area (Å²) in [7, 11) is 1.57. The van der Waals surface area contributed by atoms with Crippen molar-refractivity contribution in [1.29, 1.82) is 0 Å². The lowest BCUT2D eigenvalue weighted by Gasteiger charge is -2.08. The minimum atomic E-state index is -0.882. The van der Waals surface area contributed by atoms with Gasteiger partial charge in [-0.3, -0.25) is 9.59 Å². The Morgan fingerprint density at radius 1 is 1.33 bits per heavy atom. The number of aliphatic carboxylic acids is 1. The number of benzene rings is 1.